The summed E-state index contributed by atoms with van der Waals surface area (Å²) in [5, 5.41) is 0. The van der Waals surface area contributed by atoms with Crippen LogP contribution in [0.15, 0.2) is 77.7 Å². The zero-order valence-corrected chi connectivity index (χ0v) is 18.8. The molecule has 32 heavy (non-hydrogen) atoms. The summed E-state index contributed by atoms with van der Waals surface area (Å²) in [7, 11) is -3.74. The lowest BCUT2D eigenvalue weighted by atomic mass is 10.00. The van der Waals surface area contributed by atoms with E-state index in [1.165, 1.54) is 12.1 Å². The molecule has 7 heteroatoms. The molecule has 3 aromatic rings. The predicted octanol–water partition coefficient (Wildman–Crippen LogP) is 4.87. The molecule has 1 N–H and O–H groups in total. The molecule has 0 radical (unpaired) electrons. The number of nitrogens with one attached hydrogen (secondary N) is 1. The highest BCUT2D eigenvalue weighted by Gasteiger charge is 2.24. The Bertz CT molecular complexity index is 1190. The number of aryl methyl sites for hydroxylation is 1. The van der Waals surface area contributed by atoms with Gasteiger partial charge in [0.25, 0.3) is 15.9 Å². The second-order valence-electron chi connectivity index (χ2n) is 7.70. The second-order valence-corrected chi connectivity index (χ2v) is 9.38. The lowest BCUT2D eigenvalue weighted by molar-refractivity contribution is 0.0985. The van der Waals surface area contributed by atoms with Crippen LogP contribution in [-0.2, 0) is 16.4 Å². The number of amides is 1. The molecule has 0 aromatic heterocycles. The second kappa shape index (κ2) is 9.44. The van der Waals surface area contributed by atoms with Crippen LogP contribution in [0.3, 0.4) is 0 Å². The first-order chi connectivity index (χ1) is 15.5. The third-order valence-electron chi connectivity index (χ3n) is 5.32. The fourth-order valence-corrected chi connectivity index (χ4v) is 4.81. The highest BCUT2D eigenvalue weighted by molar-refractivity contribution is 7.92. The van der Waals surface area contributed by atoms with Gasteiger partial charge in [-0.15, -0.1) is 0 Å². The number of carbonyl (C=O) groups excluding carboxylic acids is 1. The van der Waals surface area contributed by atoms with Gasteiger partial charge in [0.2, 0.25) is 0 Å². The summed E-state index contributed by atoms with van der Waals surface area (Å²) < 4.78 is 33.8. The van der Waals surface area contributed by atoms with Crippen LogP contribution in [0.2, 0.25) is 0 Å². The van der Waals surface area contributed by atoms with Gasteiger partial charge in [-0.25, -0.2) is 8.42 Å². The standard InChI is InChI=1S/C25H26N2O4S/c1-2-17-31-22-11-13-23(14-12-22)32(29,30)26-21-10-15-24-20(18-21)9-6-16-27(24)25(28)19-7-4-3-5-8-19/h3-5,7-8,10-15,18,26H,2,6,9,16-17H2,1H3. The van der Waals surface area contributed by atoms with E-state index in [2.05, 4.69) is 4.72 Å². The van der Waals surface area contributed by atoms with Crippen molar-refractivity contribution < 1.29 is 17.9 Å². The number of rotatable bonds is 7. The molecule has 0 saturated heterocycles. The average Bonchev–Trinajstić information content (AvgIpc) is 2.82. The predicted molar refractivity (Wildman–Crippen MR) is 126 cm³/mol. The van der Waals surface area contributed by atoms with Crippen LogP contribution in [0.4, 0.5) is 11.4 Å². The van der Waals surface area contributed by atoms with E-state index in [9.17, 15) is 13.2 Å². The van der Waals surface area contributed by atoms with Gasteiger partial charge in [-0.05, 0) is 79.4 Å². The van der Waals surface area contributed by atoms with Crippen LogP contribution in [0, 0.1) is 0 Å². The first-order valence-electron chi connectivity index (χ1n) is 10.7. The summed E-state index contributed by atoms with van der Waals surface area (Å²) in [6.07, 6.45) is 2.49. The molecular formula is C25H26N2O4S. The molecular weight excluding hydrogens is 424 g/mol. The number of sulfonamides is 1. The Kier molecular flexibility index (Phi) is 6.46. The van der Waals surface area contributed by atoms with Crippen molar-refractivity contribution >= 4 is 27.3 Å². The van der Waals surface area contributed by atoms with E-state index in [1.807, 2.05) is 37.3 Å². The Balaban J connectivity index is 1.53. The first kappa shape index (κ1) is 21.9. The Hall–Kier alpha value is -3.32. The zero-order valence-electron chi connectivity index (χ0n) is 18.0. The molecule has 0 aliphatic carbocycles. The van der Waals surface area contributed by atoms with E-state index in [1.54, 1.807) is 35.2 Å². The summed E-state index contributed by atoms with van der Waals surface area (Å²) >= 11 is 0. The monoisotopic (exact) mass is 450 g/mol. The number of nitrogens with zero attached hydrogens (tertiary/aromatic N) is 1. The molecule has 4 rings (SSSR count). The van der Waals surface area contributed by atoms with E-state index >= 15 is 0 Å². The van der Waals surface area contributed by atoms with Crippen molar-refractivity contribution in [1.82, 2.24) is 0 Å². The fraction of sp³-hybridized carbons (Fsp3) is 0.240. The van der Waals surface area contributed by atoms with Crippen molar-refractivity contribution in [2.24, 2.45) is 0 Å². The molecule has 0 saturated carbocycles. The molecule has 0 fully saturated rings. The van der Waals surface area contributed by atoms with Crippen LogP contribution in [0.25, 0.3) is 0 Å². The minimum atomic E-state index is -3.74. The van der Waals surface area contributed by atoms with E-state index in [0.717, 1.165) is 30.5 Å². The summed E-state index contributed by atoms with van der Waals surface area (Å²) in [6.45, 7) is 3.24. The van der Waals surface area contributed by atoms with E-state index in [0.29, 0.717) is 30.2 Å². The topological polar surface area (TPSA) is 75.7 Å². The van der Waals surface area contributed by atoms with Gasteiger partial charge in [-0.1, -0.05) is 25.1 Å². The molecule has 166 valence electrons. The van der Waals surface area contributed by atoms with Gasteiger partial charge in [0.15, 0.2) is 0 Å². The summed E-state index contributed by atoms with van der Waals surface area (Å²) in [5.74, 6) is 0.591. The summed E-state index contributed by atoms with van der Waals surface area (Å²) in [4.78, 5) is 14.9. The Morgan fingerprint density at radius 2 is 1.78 bits per heavy atom. The minimum Gasteiger partial charge on any atom is -0.494 e. The number of hydrogen-bond acceptors (Lipinski definition) is 4. The lowest BCUT2D eigenvalue weighted by Crippen LogP contribution is -2.35. The lowest BCUT2D eigenvalue weighted by Gasteiger charge is -2.30. The Morgan fingerprint density at radius 3 is 2.50 bits per heavy atom. The van der Waals surface area contributed by atoms with E-state index < -0.39 is 10.0 Å². The summed E-state index contributed by atoms with van der Waals surface area (Å²) in [5.41, 5.74) is 2.88. The van der Waals surface area contributed by atoms with Crippen molar-refractivity contribution in [3.8, 4) is 5.75 Å². The normalized spacial score (nSPS) is 13.3. The van der Waals surface area contributed by atoms with Crippen molar-refractivity contribution in [3.05, 3.63) is 83.9 Å². The van der Waals surface area contributed by atoms with Gasteiger partial charge < -0.3 is 9.64 Å². The molecule has 0 spiro atoms. The maximum atomic E-state index is 13.0. The Morgan fingerprint density at radius 1 is 1.03 bits per heavy atom. The van der Waals surface area contributed by atoms with Crippen LogP contribution >= 0.6 is 0 Å². The number of carbonyl (C=O) groups is 1. The van der Waals surface area contributed by atoms with Gasteiger partial charge in [0.05, 0.1) is 11.5 Å². The highest BCUT2D eigenvalue weighted by Crippen LogP contribution is 2.31. The smallest absolute Gasteiger partial charge is 0.261 e. The molecule has 3 aromatic carbocycles. The average molecular weight is 451 g/mol. The van der Waals surface area contributed by atoms with Crippen LogP contribution in [0.5, 0.6) is 5.75 Å². The number of ether oxygens (including phenoxy) is 1. The number of anilines is 2. The number of benzene rings is 3. The largest absolute Gasteiger partial charge is 0.494 e. The first-order valence-corrected chi connectivity index (χ1v) is 12.2. The molecule has 1 heterocycles. The maximum absolute atomic E-state index is 13.0. The van der Waals surface area contributed by atoms with Crippen molar-refractivity contribution in [1.29, 1.82) is 0 Å². The molecule has 0 bridgehead atoms. The number of hydrogen-bond donors (Lipinski definition) is 1. The van der Waals surface area contributed by atoms with Crippen molar-refractivity contribution in [2.45, 2.75) is 31.1 Å². The maximum Gasteiger partial charge on any atom is 0.261 e. The van der Waals surface area contributed by atoms with Gasteiger partial charge in [-0.2, -0.15) is 0 Å². The zero-order chi connectivity index (χ0) is 22.6. The van der Waals surface area contributed by atoms with Crippen molar-refractivity contribution in [2.75, 3.05) is 22.8 Å². The minimum absolute atomic E-state index is 0.0507. The molecule has 1 aliphatic rings. The third kappa shape index (κ3) is 4.78. The van der Waals surface area contributed by atoms with E-state index in [4.69, 9.17) is 4.74 Å². The highest BCUT2D eigenvalue weighted by atomic mass is 32.2. The summed E-state index contributed by atoms with van der Waals surface area (Å²) in [6, 6.07) is 20.9. The van der Waals surface area contributed by atoms with E-state index in [-0.39, 0.29) is 10.8 Å². The van der Waals surface area contributed by atoms with Crippen molar-refractivity contribution in [3.63, 3.8) is 0 Å². The number of fused-ring (bicyclic) bond motifs is 1. The van der Waals surface area contributed by atoms with Crippen LogP contribution in [0.1, 0.15) is 35.7 Å². The van der Waals surface area contributed by atoms with Crippen LogP contribution in [-0.4, -0.2) is 27.5 Å². The molecule has 0 atom stereocenters. The fourth-order valence-electron chi connectivity index (χ4n) is 3.76. The SMILES string of the molecule is CCCOc1ccc(S(=O)(=O)Nc2ccc3c(c2)CCCN3C(=O)c2ccccc2)cc1. The van der Waals surface area contributed by atoms with Gasteiger partial charge in [0, 0.05) is 23.5 Å². The van der Waals surface area contributed by atoms with Gasteiger partial charge >= 0.3 is 0 Å². The quantitative estimate of drug-likeness (QED) is 0.557. The third-order valence-corrected chi connectivity index (χ3v) is 6.72. The Labute approximate surface area is 188 Å². The van der Waals surface area contributed by atoms with Gasteiger partial charge in [0.1, 0.15) is 5.75 Å². The molecule has 6 nitrogen and oxygen atoms in total. The van der Waals surface area contributed by atoms with Gasteiger partial charge in [-0.3, -0.25) is 9.52 Å². The van der Waals surface area contributed by atoms with Crippen LogP contribution < -0.4 is 14.4 Å². The molecule has 0 unspecified atom stereocenters. The molecule has 1 aliphatic heterocycles. The molecule has 1 amide bonds.